The standard InChI is InChI=1S/C11H14INO3S/c1-3-13(5-4-10(14)16-2)11(15)8-6-9(12)17-7-8/h6-7H,3-5H2,1-2H3. The molecule has 1 rings (SSSR count). The summed E-state index contributed by atoms with van der Waals surface area (Å²) in [6, 6.07) is 1.86. The number of ether oxygens (including phenoxy) is 1. The third-order valence-corrected chi connectivity index (χ3v) is 4.09. The lowest BCUT2D eigenvalue weighted by atomic mass is 10.2. The number of nitrogens with zero attached hydrogens (tertiary/aromatic N) is 1. The molecule has 4 nitrogen and oxygen atoms in total. The van der Waals surface area contributed by atoms with Gasteiger partial charge in [0.25, 0.3) is 5.91 Å². The van der Waals surface area contributed by atoms with E-state index in [1.807, 2.05) is 18.4 Å². The molecule has 0 fully saturated rings. The van der Waals surface area contributed by atoms with Crippen LogP contribution in [0.25, 0.3) is 0 Å². The number of thiophene rings is 1. The van der Waals surface area contributed by atoms with Crippen LogP contribution in [0.5, 0.6) is 0 Å². The molecule has 0 bridgehead atoms. The summed E-state index contributed by atoms with van der Waals surface area (Å²) in [7, 11) is 1.35. The lowest BCUT2D eigenvalue weighted by Crippen LogP contribution is -2.32. The molecule has 1 heterocycles. The quantitative estimate of drug-likeness (QED) is 0.593. The van der Waals surface area contributed by atoms with Crippen molar-refractivity contribution in [2.24, 2.45) is 0 Å². The van der Waals surface area contributed by atoms with Crippen LogP contribution in [-0.4, -0.2) is 37.0 Å². The van der Waals surface area contributed by atoms with Crippen molar-refractivity contribution >= 4 is 45.8 Å². The van der Waals surface area contributed by atoms with E-state index in [1.165, 1.54) is 18.4 Å². The molecule has 94 valence electrons. The minimum absolute atomic E-state index is 0.0319. The molecule has 1 aromatic rings. The van der Waals surface area contributed by atoms with Crippen LogP contribution in [0.1, 0.15) is 23.7 Å². The lowest BCUT2D eigenvalue weighted by Gasteiger charge is -2.19. The third-order valence-electron chi connectivity index (χ3n) is 2.30. The molecule has 0 aromatic carbocycles. The molecule has 17 heavy (non-hydrogen) atoms. The van der Waals surface area contributed by atoms with Crippen molar-refractivity contribution < 1.29 is 14.3 Å². The summed E-state index contributed by atoms with van der Waals surface area (Å²) in [4.78, 5) is 24.8. The topological polar surface area (TPSA) is 46.6 Å². The zero-order valence-corrected chi connectivity index (χ0v) is 12.7. The zero-order chi connectivity index (χ0) is 12.8. The number of esters is 1. The first-order valence-electron chi connectivity index (χ1n) is 5.18. The molecule has 0 aliphatic carbocycles. The highest BCUT2D eigenvalue weighted by Crippen LogP contribution is 2.18. The van der Waals surface area contributed by atoms with Crippen LogP contribution in [-0.2, 0) is 9.53 Å². The summed E-state index contributed by atoms with van der Waals surface area (Å²) < 4.78 is 5.64. The van der Waals surface area contributed by atoms with E-state index in [9.17, 15) is 9.59 Å². The maximum atomic E-state index is 12.1. The maximum Gasteiger partial charge on any atom is 0.307 e. The van der Waals surface area contributed by atoms with Crippen LogP contribution in [0.2, 0.25) is 0 Å². The first-order chi connectivity index (χ1) is 8.08. The molecule has 0 aliphatic rings. The Morgan fingerprint density at radius 2 is 2.24 bits per heavy atom. The number of hydrogen-bond acceptors (Lipinski definition) is 4. The van der Waals surface area contributed by atoms with Gasteiger partial charge in [-0.3, -0.25) is 9.59 Å². The van der Waals surface area contributed by atoms with Gasteiger partial charge in [0.15, 0.2) is 0 Å². The highest BCUT2D eigenvalue weighted by molar-refractivity contribution is 14.1. The molecule has 0 N–H and O–H groups in total. The lowest BCUT2D eigenvalue weighted by molar-refractivity contribution is -0.140. The van der Waals surface area contributed by atoms with Gasteiger partial charge < -0.3 is 9.64 Å². The van der Waals surface area contributed by atoms with E-state index < -0.39 is 0 Å². The Kier molecular flexibility index (Phi) is 5.90. The van der Waals surface area contributed by atoms with Gasteiger partial charge in [-0.1, -0.05) is 0 Å². The predicted octanol–water partition coefficient (Wildman–Crippen LogP) is 2.38. The molecule has 0 aliphatic heterocycles. The summed E-state index contributed by atoms with van der Waals surface area (Å²) in [5.74, 6) is -0.327. The Morgan fingerprint density at radius 3 is 2.71 bits per heavy atom. The van der Waals surface area contributed by atoms with Gasteiger partial charge in [0.2, 0.25) is 0 Å². The Bertz CT molecular complexity index is 405. The zero-order valence-electron chi connectivity index (χ0n) is 9.73. The Hall–Kier alpha value is -0.630. The van der Waals surface area contributed by atoms with E-state index >= 15 is 0 Å². The summed E-state index contributed by atoms with van der Waals surface area (Å²) in [6.07, 6.45) is 0.233. The highest BCUT2D eigenvalue weighted by Gasteiger charge is 2.16. The van der Waals surface area contributed by atoms with E-state index in [-0.39, 0.29) is 18.3 Å². The second-order valence-electron chi connectivity index (χ2n) is 3.35. The van der Waals surface area contributed by atoms with Gasteiger partial charge in [-0.2, -0.15) is 0 Å². The van der Waals surface area contributed by atoms with Crippen LogP contribution in [0.4, 0.5) is 0 Å². The molecule has 0 atom stereocenters. The van der Waals surface area contributed by atoms with Crippen molar-refractivity contribution in [2.45, 2.75) is 13.3 Å². The van der Waals surface area contributed by atoms with Crippen molar-refractivity contribution in [3.63, 3.8) is 0 Å². The smallest absolute Gasteiger partial charge is 0.307 e. The van der Waals surface area contributed by atoms with E-state index in [4.69, 9.17) is 0 Å². The van der Waals surface area contributed by atoms with Gasteiger partial charge in [0.1, 0.15) is 0 Å². The van der Waals surface area contributed by atoms with E-state index in [1.54, 1.807) is 4.90 Å². The van der Waals surface area contributed by atoms with E-state index in [2.05, 4.69) is 27.3 Å². The van der Waals surface area contributed by atoms with Crippen molar-refractivity contribution in [1.29, 1.82) is 0 Å². The highest BCUT2D eigenvalue weighted by atomic mass is 127. The first-order valence-corrected chi connectivity index (χ1v) is 7.14. The van der Waals surface area contributed by atoms with Gasteiger partial charge >= 0.3 is 5.97 Å². The summed E-state index contributed by atoms with van der Waals surface area (Å²) in [5, 5.41) is 1.84. The molecule has 0 saturated carbocycles. The molecule has 0 unspecified atom stereocenters. The Labute approximate surface area is 118 Å². The van der Waals surface area contributed by atoms with Crippen LogP contribution in [0, 0.1) is 2.88 Å². The molecular formula is C11H14INO3S. The molecular weight excluding hydrogens is 353 g/mol. The summed E-state index contributed by atoms with van der Waals surface area (Å²) >= 11 is 3.72. The Balaban J connectivity index is 2.61. The monoisotopic (exact) mass is 367 g/mol. The van der Waals surface area contributed by atoms with Gasteiger partial charge in [-0.15, -0.1) is 11.3 Å². The number of carbonyl (C=O) groups is 2. The van der Waals surface area contributed by atoms with Crippen LogP contribution in [0.3, 0.4) is 0 Å². The number of halogens is 1. The van der Waals surface area contributed by atoms with Gasteiger partial charge in [-0.25, -0.2) is 0 Å². The molecule has 0 radical (unpaired) electrons. The fraction of sp³-hybridized carbons (Fsp3) is 0.455. The van der Waals surface area contributed by atoms with Gasteiger partial charge in [-0.05, 0) is 35.6 Å². The second kappa shape index (κ2) is 6.95. The predicted molar refractivity (Wildman–Crippen MR) is 75.2 cm³/mol. The van der Waals surface area contributed by atoms with Crippen molar-refractivity contribution in [3.8, 4) is 0 Å². The molecule has 0 spiro atoms. The van der Waals surface area contributed by atoms with Crippen molar-refractivity contribution in [1.82, 2.24) is 4.90 Å². The van der Waals surface area contributed by atoms with Gasteiger partial charge in [0.05, 0.1) is 22.0 Å². The third kappa shape index (κ3) is 4.27. The molecule has 1 aromatic heterocycles. The minimum Gasteiger partial charge on any atom is -0.469 e. The SMILES string of the molecule is CCN(CCC(=O)OC)C(=O)c1csc(I)c1. The summed E-state index contributed by atoms with van der Waals surface area (Å²) in [5.41, 5.74) is 0.686. The minimum atomic E-state index is -0.295. The largest absolute Gasteiger partial charge is 0.469 e. The molecule has 6 heteroatoms. The first kappa shape index (κ1) is 14.4. The van der Waals surface area contributed by atoms with Crippen LogP contribution >= 0.6 is 33.9 Å². The van der Waals surface area contributed by atoms with E-state index in [0.29, 0.717) is 18.7 Å². The van der Waals surface area contributed by atoms with Gasteiger partial charge in [0, 0.05) is 18.5 Å². The normalized spacial score (nSPS) is 10.1. The Morgan fingerprint density at radius 1 is 1.53 bits per heavy atom. The second-order valence-corrected chi connectivity index (χ2v) is 6.16. The van der Waals surface area contributed by atoms with Crippen LogP contribution < -0.4 is 0 Å². The number of rotatable bonds is 5. The van der Waals surface area contributed by atoms with Crippen molar-refractivity contribution in [3.05, 3.63) is 19.9 Å². The van der Waals surface area contributed by atoms with Crippen molar-refractivity contribution in [2.75, 3.05) is 20.2 Å². The number of methoxy groups -OCH3 is 1. The van der Waals surface area contributed by atoms with Crippen LogP contribution in [0.15, 0.2) is 11.4 Å². The van der Waals surface area contributed by atoms with E-state index in [0.717, 1.165) is 2.88 Å². The number of carbonyl (C=O) groups excluding carboxylic acids is 2. The fourth-order valence-electron chi connectivity index (χ4n) is 1.34. The molecule has 0 saturated heterocycles. The fourth-order valence-corrected chi connectivity index (χ4v) is 2.66. The number of amides is 1. The average molecular weight is 367 g/mol. The number of hydrogen-bond donors (Lipinski definition) is 0. The maximum absolute atomic E-state index is 12.1. The summed E-state index contributed by atoms with van der Waals surface area (Å²) in [6.45, 7) is 2.88. The average Bonchev–Trinajstić information content (AvgIpc) is 2.76. The molecule has 1 amide bonds.